The molecule has 6 heteroatoms. The van der Waals surface area contributed by atoms with Gasteiger partial charge in [0.1, 0.15) is 0 Å². The summed E-state index contributed by atoms with van der Waals surface area (Å²) >= 11 is 0. The van der Waals surface area contributed by atoms with Gasteiger partial charge >= 0.3 is 0 Å². The minimum absolute atomic E-state index is 0.0142. The van der Waals surface area contributed by atoms with E-state index >= 15 is 0 Å². The lowest BCUT2D eigenvalue weighted by atomic mass is 10.0. The molecular weight excluding hydrogens is 318 g/mol. The van der Waals surface area contributed by atoms with Gasteiger partial charge in [-0.1, -0.05) is 18.2 Å². The van der Waals surface area contributed by atoms with Gasteiger partial charge in [-0.3, -0.25) is 4.79 Å². The van der Waals surface area contributed by atoms with E-state index in [0.717, 1.165) is 24.1 Å². The molecule has 1 aromatic carbocycles. The normalized spacial score (nSPS) is 19.8. The molecule has 1 aromatic heterocycles. The molecule has 25 heavy (non-hydrogen) atoms. The second-order valence-electron chi connectivity index (χ2n) is 6.32. The number of ether oxygens (including phenoxy) is 2. The van der Waals surface area contributed by atoms with Gasteiger partial charge in [0.25, 0.3) is 0 Å². The number of benzene rings is 1. The Labute approximate surface area is 146 Å². The summed E-state index contributed by atoms with van der Waals surface area (Å²) in [5, 5.41) is 4.33. The van der Waals surface area contributed by atoms with Gasteiger partial charge in [-0.25, -0.2) is 4.68 Å². The van der Waals surface area contributed by atoms with Crippen LogP contribution in [0, 0.1) is 0 Å². The van der Waals surface area contributed by atoms with E-state index in [1.54, 1.807) is 17.0 Å². The molecule has 0 unspecified atom stereocenters. The summed E-state index contributed by atoms with van der Waals surface area (Å²) in [7, 11) is 0. The number of nitrogens with zero attached hydrogens (tertiary/aromatic N) is 3. The van der Waals surface area contributed by atoms with Crippen molar-refractivity contribution < 1.29 is 14.3 Å². The SMILES string of the molecule is O=C(/C=C/c1cnn(-c2ccccc2)c1)N1CCC2(CC1)OCCO2. The molecule has 0 radical (unpaired) electrons. The van der Waals surface area contributed by atoms with E-state index in [1.165, 1.54) is 0 Å². The Kier molecular flexibility index (Phi) is 4.38. The van der Waals surface area contributed by atoms with Gasteiger partial charge in [0, 0.05) is 43.8 Å². The molecule has 1 amide bonds. The third-order valence-corrected chi connectivity index (χ3v) is 4.69. The average molecular weight is 339 g/mol. The van der Waals surface area contributed by atoms with Gasteiger partial charge in [-0.05, 0) is 18.2 Å². The van der Waals surface area contributed by atoms with Gasteiger partial charge in [-0.15, -0.1) is 0 Å². The number of carbonyl (C=O) groups excluding carboxylic acids is 1. The summed E-state index contributed by atoms with van der Waals surface area (Å²) in [6.45, 7) is 2.62. The standard InChI is InChI=1S/C19H21N3O3/c23-18(21-10-8-19(9-11-21)24-12-13-25-19)7-6-16-14-20-22(15-16)17-4-2-1-3-5-17/h1-7,14-15H,8-13H2/b7-6+. The molecule has 2 fully saturated rings. The predicted octanol–water partition coefficient (Wildman–Crippen LogP) is 2.25. The van der Waals surface area contributed by atoms with Crippen molar-refractivity contribution in [3.8, 4) is 5.69 Å². The number of hydrogen-bond donors (Lipinski definition) is 0. The van der Waals surface area contributed by atoms with Crippen LogP contribution in [0.4, 0.5) is 0 Å². The van der Waals surface area contributed by atoms with Gasteiger partial charge in [-0.2, -0.15) is 5.10 Å². The van der Waals surface area contributed by atoms with Crippen molar-refractivity contribution >= 4 is 12.0 Å². The maximum Gasteiger partial charge on any atom is 0.246 e. The van der Waals surface area contributed by atoms with Crippen LogP contribution in [0.2, 0.25) is 0 Å². The summed E-state index contributed by atoms with van der Waals surface area (Å²) in [6, 6.07) is 9.88. The van der Waals surface area contributed by atoms with Crippen LogP contribution in [0.25, 0.3) is 11.8 Å². The topological polar surface area (TPSA) is 56.6 Å². The fourth-order valence-electron chi connectivity index (χ4n) is 3.27. The van der Waals surface area contributed by atoms with Crippen LogP contribution in [0.1, 0.15) is 18.4 Å². The fourth-order valence-corrected chi connectivity index (χ4v) is 3.27. The smallest absolute Gasteiger partial charge is 0.246 e. The lowest BCUT2D eigenvalue weighted by Crippen LogP contribution is -2.46. The monoisotopic (exact) mass is 339 g/mol. The predicted molar refractivity (Wildman–Crippen MR) is 93.0 cm³/mol. The third-order valence-electron chi connectivity index (χ3n) is 4.69. The maximum absolute atomic E-state index is 12.4. The van der Waals surface area contributed by atoms with Crippen molar-refractivity contribution in [2.24, 2.45) is 0 Å². The number of piperidine rings is 1. The zero-order valence-corrected chi connectivity index (χ0v) is 14.0. The molecule has 6 nitrogen and oxygen atoms in total. The van der Waals surface area contributed by atoms with E-state index in [2.05, 4.69) is 5.10 Å². The zero-order valence-electron chi connectivity index (χ0n) is 14.0. The van der Waals surface area contributed by atoms with Gasteiger partial charge in [0.05, 0.1) is 25.1 Å². The second kappa shape index (κ2) is 6.82. The molecule has 2 saturated heterocycles. The lowest BCUT2D eigenvalue weighted by Gasteiger charge is -2.37. The van der Waals surface area contributed by atoms with Gasteiger partial charge in [0.2, 0.25) is 5.91 Å². The van der Waals surface area contributed by atoms with Crippen LogP contribution in [0.5, 0.6) is 0 Å². The average Bonchev–Trinajstić information content (AvgIpc) is 3.31. The van der Waals surface area contributed by atoms with E-state index in [-0.39, 0.29) is 5.91 Å². The third kappa shape index (κ3) is 3.50. The fraction of sp³-hybridized carbons (Fsp3) is 0.368. The quantitative estimate of drug-likeness (QED) is 0.805. The molecule has 0 aliphatic carbocycles. The van der Waals surface area contributed by atoms with Crippen LogP contribution in [-0.4, -0.2) is 52.7 Å². The van der Waals surface area contributed by atoms with Crippen LogP contribution in [0.3, 0.4) is 0 Å². The molecule has 3 heterocycles. The first-order valence-electron chi connectivity index (χ1n) is 8.59. The Morgan fingerprint density at radius 2 is 1.84 bits per heavy atom. The van der Waals surface area contributed by atoms with Gasteiger partial charge in [0.15, 0.2) is 5.79 Å². The number of likely N-dealkylation sites (tertiary alicyclic amines) is 1. The summed E-state index contributed by atoms with van der Waals surface area (Å²) in [5.41, 5.74) is 1.89. The summed E-state index contributed by atoms with van der Waals surface area (Å²) in [5.74, 6) is -0.433. The molecule has 2 aromatic rings. The van der Waals surface area contributed by atoms with Crippen molar-refractivity contribution in [2.45, 2.75) is 18.6 Å². The number of hydrogen-bond acceptors (Lipinski definition) is 4. The number of amides is 1. The lowest BCUT2D eigenvalue weighted by molar-refractivity contribution is -0.186. The first kappa shape index (κ1) is 16.1. The molecule has 130 valence electrons. The molecule has 2 aliphatic heterocycles. The maximum atomic E-state index is 12.4. The number of para-hydroxylation sites is 1. The summed E-state index contributed by atoms with van der Waals surface area (Å²) in [6.07, 6.45) is 8.55. The molecule has 2 aliphatic rings. The van der Waals surface area contributed by atoms with Crippen molar-refractivity contribution in [1.82, 2.24) is 14.7 Å². The van der Waals surface area contributed by atoms with E-state index in [9.17, 15) is 4.79 Å². The van der Waals surface area contributed by atoms with E-state index < -0.39 is 5.79 Å². The second-order valence-corrected chi connectivity index (χ2v) is 6.32. The van der Waals surface area contributed by atoms with Crippen LogP contribution < -0.4 is 0 Å². The first-order valence-corrected chi connectivity index (χ1v) is 8.59. The largest absolute Gasteiger partial charge is 0.347 e. The highest BCUT2D eigenvalue weighted by molar-refractivity contribution is 5.91. The van der Waals surface area contributed by atoms with Crippen LogP contribution in [-0.2, 0) is 14.3 Å². The van der Waals surface area contributed by atoms with Crippen LogP contribution in [0.15, 0.2) is 48.8 Å². The van der Waals surface area contributed by atoms with Crippen LogP contribution >= 0.6 is 0 Å². The Hall–Kier alpha value is -2.44. The van der Waals surface area contributed by atoms with Crippen molar-refractivity contribution in [3.63, 3.8) is 0 Å². The molecule has 0 saturated carbocycles. The number of rotatable bonds is 3. The molecule has 0 atom stereocenters. The van der Waals surface area contributed by atoms with Gasteiger partial charge < -0.3 is 14.4 Å². The molecule has 1 spiro atoms. The Bertz CT molecular complexity index is 753. The first-order chi connectivity index (χ1) is 12.2. The number of carbonyl (C=O) groups is 1. The van der Waals surface area contributed by atoms with E-state index in [4.69, 9.17) is 9.47 Å². The molecular formula is C19H21N3O3. The summed E-state index contributed by atoms with van der Waals surface area (Å²) in [4.78, 5) is 14.2. The Balaban J connectivity index is 1.36. The Morgan fingerprint density at radius 1 is 1.12 bits per heavy atom. The minimum Gasteiger partial charge on any atom is -0.347 e. The summed E-state index contributed by atoms with van der Waals surface area (Å²) < 4.78 is 13.2. The highest BCUT2D eigenvalue weighted by Crippen LogP contribution is 2.31. The van der Waals surface area contributed by atoms with Crippen molar-refractivity contribution in [3.05, 3.63) is 54.4 Å². The van der Waals surface area contributed by atoms with Crippen molar-refractivity contribution in [1.29, 1.82) is 0 Å². The van der Waals surface area contributed by atoms with E-state index in [1.807, 2.05) is 47.5 Å². The highest BCUT2D eigenvalue weighted by atomic mass is 16.7. The molecule has 0 N–H and O–H groups in total. The van der Waals surface area contributed by atoms with E-state index in [0.29, 0.717) is 26.3 Å². The number of aromatic nitrogens is 2. The highest BCUT2D eigenvalue weighted by Gasteiger charge is 2.40. The molecule has 0 bridgehead atoms. The van der Waals surface area contributed by atoms with Crippen molar-refractivity contribution in [2.75, 3.05) is 26.3 Å². The zero-order chi connectivity index (χ0) is 17.1. The Morgan fingerprint density at radius 3 is 2.56 bits per heavy atom. The molecule has 4 rings (SSSR count). The minimum atomic E-state index is -0.447.